The van der Waals surface area contributed by atoms with Crippen LogP contribution in [-0.2, 0) is 12.8 Å². The van der Waals surface area contributed by atoms with Gasteiger partial charge in [-0.3, -0.25) is 0 Å². The van der Waals surface area contributed by atoms with Crippen LogP contribution in [0.3, 0.4) is 0 Å². The van der Waals surface area contributed by atoms with Crippen LogP contribution in [0.4, 0.5) is 0 Å². The van der Waals surface area contributed by atoms with Gasteiger partial charge < -0.3 is 9.73 Å². The van der Waals surface area contributed by atoms with E-state index in [1.807, 2.05) is 6.07 Å². The molecule has 1 unspecified atom stereocenters. The van der Waals surface area contributed by atoms with Crippen LogP contribution < -0.4 is 5.32 Å². The van der Waals surface area contributed by atoms with Crippen LogP contribution in [0.5, 0.6) is 0 Å². The summed E-state index contributed by atoms with van der Waals surface area (Å²) >= 11 is 3.63. The molecule has 1 aromatic heterocycles. The summed E-state index contributed by atoms with van der Waals surface area (Å²) in [5.41, 5.74) is 1.30. The Morgan fingerprint density at radius 2 is 1.95 bits per heavy atom. The van der Waals surface area contributed by atoms with E-state index in [2.05, 4.69) is 65.4 Å². The van der Waals surface area contributed by atoms with Gasteiger partial charge in [-0.15, -0.1) is 0 Å². The molecule has 0 saturated heterocycles. The van der Waals surface area contributed by atoms with Crippen LogP contribution in [0.2, 0.25) is 0 Å². The maximum absolute atomic E-state index is 5.93. The molecule has 1 aromatic carbocycles. The third-order valence-corrected chi connectivity index (χ3v) is 4.17. The fourth-order valence-electron chi connectivity index (χ4n) is 2.25. The summed E-state index contributed by atoms with van der Waals surface area (Å²) in [4.78, 5) is 0. The van der Waals surface area contributed by atoms with Gasteiger partial charge in [0.05, 0.1) is 6.04 Å². The third-order valence-electron chi connectivity index (χ3n) is 3.40. The van der Waals surface area contributed by atoms with Crippen molar-refractivity contribution in [1.29, 1.82) is 0 Å². The molecule has 20 heavy (non-hydrogen) atoms. The van der Waals surface area contributed by atoms with E-state index in [9.17, 15) is 0 Å². The first kappa shape index (κ1) is 15.3. The van der Waals surface area contributed by atoms with Gasteiger partial charge in [0.1, 0.15) is 11.5 Å². The van der Waals surface area contributed by atoms with Gasteiger partial charge in [-0.2, -0.15) is 0 Å². The van der Waals surface area contributed by atoms with Crippen LogP contribution in [0.15, 0.2) is 45.3 Å². The molecule has 0 aliphatic rings. The molecule has 2 nitrogen and oxygen atoms in total. The summed E-state index contributed by atoms with van der Waals surface area (Å²) in [6.07, 6.45) is 2.99. The first-order valence-corrected chi connectivity index (χ1v) is 8.09. The fraction of sp³-hybridized carbons (Fsp3) is 0.412. The number of furan rings is 1. The van der Waals surface area contributed by atoms with Crippen molar-refractivity contribution >= 4 is 15.9 Å². The zero-order valence-electron chi connectivity index (χ0n) is 12.2. The van der Waals surface area contributed by atoms with Gasteiger partial charge in [0.2, 0.25) is 0 Å². The lowest BCUT2D eigenvalue weighted by Gasteiger charge is -2.17. The molecule has 0 fully saturated rings. The molecule has 2 aromatic rings. The molecule has 0 aliphatic carbocycles. The molecular formula is C17H22BrNO. The van der Waals surface area contributed by atoms with Gasteiger partial charge in [-0.05, 0) is 43.1 Å². The van der Waals surface area contributed by atoms with Crippen molar-refractivity contribution in [2.75, 3.05) is 6.54 Å². The molecule has 3 heteroatoms. The standard InChI is InChI=1S/C17H22BrNO/c1-3-11-19-16(17-10-9-14(4-2)20-17)12-13-7-5-6-8-15(13)18/h5-10,16,19H,3-4,11-12H2,1-2H3. The summed E-state index contributed by atoms with van der Waals surface area (Å²) in [6, 6.07) is 12.8. The molecule has 1 N–H and O–H groups in total. The number of hydrogen-bond acceptors (Lipinski definition) is 2. The molecule has 1 heterocycles. The number of benzene rings is 1. The van der Waals surface area contributed by atoms with Crippen LogP contribution in [0.1, 0.15) is 43.4 Å². The number of hydrogen-bond donors (Lipinski definition) is 1. The average molecular weight is 336 g/mol. The lowest BCUT2D eigenvalue weighted by atomic mass is 10.0. The van der Waals surface area contributed by atoms with Crippen LogP contribution in [0.25, 0.3) is 0 Å². The van der Waals surface area contributed by atoms with Gasteiger partial charge in [-0.1, -0.05) is 48.0 Å². The molecule has 108 valence electrons. The molecule has 0 bridgehead atoms. The SMILES string of the molecule is CCCNC(Cc1ccccc1Br)c1ccc(CC)o1. The highest BCUT2D eigenvalue weighted by Crippen LogP contribution is 2.25. The van der Waals surface area contributed by atoms with E-state index in [1.54, 1.807) is 0 Å². The topological polar surface area (TPSA) is 25.2 Å². The summed E-state index contributed by atoms with van der Waals surface area (Å²) in [5, 5.41) is 3.58. The summed E-state index contributed by atoms with van der Waals surface area (Å²) in [6.45, 7) is 5.30. The van der Waals surface area contributed by atoms with E-state index < -0.39 is 0 Å². The minimum absolute atomic E-state index is 0.231. The number of aryl methyl sites for hydroxylation is 1. The average Bonchev–Trinajstić information content (AvgIpc) is 2.94. The van der Waals surface area contributed by atoms with Gasteiger partial charge in [0, 0.05) is 10.9 Å². The molecular weight excluding hydrogens is 314 g/mol. The number of nitrogens with one attached hydrogen (secondary N) is 1. The molecule has 0 aliphatic heterocycles. The Kier molecular flexibility index (Phi) is 5.86. The summed E-state index contributed by atoms with van der Waals surface area (Å²) < 4.78 is 7.08. The van der Waals surface area contributed by atoms with Crippen molar-refractivity contribution in [2.24, 2.45) is 0 Å². The van der Waals surface area contributed by atoms with Crippen molar-refractivity contribution < 1.29 is 4.42 Å². The van der Waals surface area contributed by atoms with Gasteiger partial charge in [0.15, 0.2) is 0 Å². The number of rotatable bonds is 7. The molecule has 0 spiro atoms. The lowest BCUT2D eigenvalue weighted by molar-refractivity contribution is 0.392. The normalized spacial score (nSPS) is 12.6. The van der Waals surface area contributed by atoms with Crippen molar-refractivity contribution in [3.05, 3.63) is 58.0 Å². The second-order valence-electron chi connectivity index (χ2n) is 4.96. The fourth-order valence-corrected chi connectivity index (χ4v) is 2.69. The Morgan fingerprint density at radius 3 is 2.60 bits per heavy atom. The Bertz CT molecular complexity index is 535. The molecule has 2 rings (SSSR count). The van der Waals surface area contributed by atoms with E-state index in [4.69, 9.17) is 4.42 Å². The monoisotopic (exact) mass is 335 g/mol. The Hall–Kier alpha value is -1.06. The first-order chi connectivity index (χ1) is 9.74. The Balaban J connectivity index is 2.17. The van der Waals surface area contributed by atoms with E-state index in [0.717, 1.165) is 41.8 Å². The van der Waals surface area contributed by atoms with Crippen LogP contribution in [-0.4, -0.2) is 6.54 Å². The maximum atomic E-state index is 5.93. The smallest absolute Gasteiger partial charge is 0.121 e. The van der Waals surface area contributed by atoms with Crippen molar-refractivity contribution in [1.82, 2.24) is 5.32 Å². The summed E-state index contributed by atoms with van der Waals surface area (Å²) in [7, 11) is 0. The van der Waals surface area contributed by atoms with E-state index in [0.29, 0.717) is 0 Å². The lowest BCUT2D eigenvalue weighted by Crippen LogP contribution is -2.23. The largest absolute Gasteiger partial charge is 0.464 e. The Labute approximate surface area is 129 Å². The van der Waals surface area contributed by atoms with Crippen molar-refractivity contribution in [3.8, 4) is 0 Å². The van der Waals surface area contributed by atoms with E-state index >= 15 is 0 Å². The first-order valence-electron chi connectivity index (χ1n) is 7.30. The molecule has 0 radical (unpaired) electrons. The van der Waals surface area contributed by atoms with Crippen LogP contribution >= 0.6 is 15.9 Å². The highest BCUT2D eigenvalue weighted by atomic mass is 79.9. The Morgan fingerprint density at radius 1 is 1.15 bits per heavy atom. The second-order valence-corrected chi connectivity index (χ2v) is 5.81. The quantitative estimate of drug-likeness (QED) is 0.779. The number of halogens is 1. The summed E-state index contributed by atoms with van der Waals surface area (Å²) in [5.74, 6) is 2.08. The highest BCUT2D eigenvalue weighted by Gasteiger charge is 2.16. The van der Waals surface area contributed by atoms with E-state index in [1.165, 1.54) is 5.56 Å². The predicted molar refractivity (Wildman–Crippen MR) is 87.0 cm³/mol. The van der Waals surface area contributed by atoms with E-state index in [-0.39, 0.29) is 6.04 Å². The maximum Gasteiger partial charge on any atom is 0.121 e. The van der Waals surface area contributed by atoms with Gasteiger partial charge in [-0.25, -0.2) is 0 Å². The highest BCUT2D eigenvalue weighted by molar-refractivity contribution is 9.10. The minimum Gasteiger partial charge on any atom is -0.464 e. The van der Waals surface area contributed by atoms with Gasteiger partial charge in [0.25, 0.3) is 0 Å². The third kappa shape index (κ3) is 3.97. The second kappa shape index (κ2) is 7.65. The zero-order chi connectivity index (χ0) is 14.4. The molecule has 1 atom stereocenters. The predicted octanol–water partition coefficient (Wildman–Crippen LogP) is 4.89. The van der Waals surface area contributed by atoms with Crippen LogP contribution in [0, 0.1) is 0 Å². The van der Waals surface area contributed by atoms with Crippen molar-refractivity contribution in [3.63, 3.8) is 0 Å². The van der Waals surface area contributed by atoms with Crippen molar-refractivity contribution in [2.45, 2.75) is 39.2 Å². The van der Waals surface area contributed by atoms with Gasteiger partial charge >= 0.3 is 0 Å². The minimum atomic E-state index is 0.231. The molecule has 0 saturated carbocycles. The zero-order valence-corrected chi connectivity index (χ0v) is 13.7. The molecule has 0 amide bonds.